The number of carboxylic acid groups (broad SMARTS) is 1. The summed E-state index contributed by atoms with van der Waals surface area (Å²) in [6.07, 6.45) is 1.87. The highest BCUT2D eigenvalue weighted by atomic mass is 32.1. The van der Waals surface area contributed by atoms with Crippen LogP contribution in [0.4, 0.5) is 0 Å². The van der Waals surface area contributed by atoms with Gasteiger partial charge >= 0.3 is 5.97 Å². The molecule has 5 N–H and O–H groups in total. The first-order valence-electron chi connectivity index (χ1n) is 3.34. The van der Waals surface area contributed by atoms with Crippen LogP contribution in [0.3, 0.4) is 0 Å². The third kappa shape index (κ3) is 2.18. The number of aromatic nitrogens is 2. The first-order valence-corrected chi connectivity index (χ1v) is 3.75. The normalized spacial score (nSPS) is 12.8. The predicted molar refractivity (Wildman–Crippen MR) is 45.3 cm³/mol. The summed E-state index contributed by atoms with van der Waals surface area (Å²) in [5.74, 6) is -1.02. The number of carbonyl (C=O) groups is 1. The fraction of sp³-hybridized carbons (Fsp3) is 0.333. The van der Waals surface area contributed by atoms with Gasteiger partial charge in [-0.15, -0.1) is 0 Å². The maximum Gasteiger partial charge on any atom is 0.320 e. The van der Waals surface area contributed by atoms with Crippen molar-refractivity contribution in [2.75, 3.05) is 0 Å². The molecule has 1 unspecified atom stereocenters. The minimum atomic E-state index is -1.02. The minimum Gasteiger partial charge on any atom is -0.480 e. The van der Waals surface area contributed by atoms with Gasteiger partial charge in [-0.2, -0.15) is 0 Å². The molecule has 1 aromatic rings. The quantitative estimate of drug-likeness (QED) is 0.502. The Hall–Kier alpha value is -1.14. The van der Waals surface area contributed by atoms with E-state index in [9.17, 15) is 4.79 Å². The minimum absolute atomic E-state index is 0.252. The zero-order chi connectivity index (χ0) is 9.14. The van der Waals surface area contributed by atoms with E-state index in [-0.39, 0.29) is 6.42 Å². The van der Waals surface area contributed by atoms with E-state index in [1.165, 1.54) is 0 Å². The van der Waals surface area contributed by atoms with E-state index >= 15 is 0 Å². The summed E-state index contributed by atoms with van der Waals surface area (Å²) in [6, 6.07) is -0.883. The Morgan fingerprint density at radius 3 is 2.92 bits per heavy atom. The molecule has 0 aromatic carbocycles. The molecule has 0 fully saturated rings. The SMILES string of the molecule is NC(Cc1c[nH]c(=S)[nH]1)C(=O)O. The van der Waals surface area contributed by atoms with Gasteiger partial charge in [0.2, 0.25) is 0 Å². The molecule has 1 heterocycles. The van der Waals surface area contributed by atoms with Gasteiger partial charge in [-0.05, 0) is 12.2 Å². The summed E-state index contributed by atoms with van der Waals surface area (Å²) in [4.78, 5) is 15.8. The molecule has 0 bridgehead atoms. The van der Waals surface area contributed by atoms with Crippen molar-refractivity contribution in [3.8, 4) is 0 Å². The van der Waals surface area contributed by atoms with E-state index in [0.29, 0.717) is 10.5 Å². The standard InChI is InChI=1S/C6H9N3O2S/c7-4(5(10)11)1-3-2-8-6(12)9-3/h2,4H,1,7H2,(H,10,11)(H2,8,9,12). The Balaban J connectivity index is 2.64. The number of aromatic amines is 2. The Kier molecular flexibility index (Phi) is 2.61. The fourth-order valence-electron chi connectivity index (χ4n) is 0.805. The van der Waals surface area contributed by atoms with Crippen molar-refractivity contribution in [3.05, 3.63) is 16.7 Å². The zero-order valence-corrected chi connectivity index (χ0v) is 7.02. The largest absolute Gasteiger partial charge is 0.480 e. The van der Waals surface area contributed by atoms with E-state index in [0.717, 1.165) is 0 Å². The van der Waals surface area contributed by atoms with Crippen molar-refractivity contribution < 1.29 is 9.90 Å². The highest BCUT2D eigenvalue weighted by Gasteiger charge is 2.12. The van der Waals surface area contributed by atoms with Gasteiger partial charge in [0.1, 0.15) is 6.04 Å². The van der Waals surface area contributed by atoms with E-state index in [1.54, 1.807) is 6.20 Å². The van der Waals surface area contributed by atoms with Crippen molar-refractivity contribution in [1.29, 1.82) is 0 Å². The van der Waals surface area contributed by atoms with Gasteiger partial charge in [0.25, 0.3) is 0 Å². The van der Waals surface area contributed by atoms with E-state index in [1.807, 2.05) is 0 Å². The lowest BCUT2D eigenvalue weighted by molar-refractivity contribution is -0.138. The number of imidazole rings is 1. The van der Waals surface area contributed by atoms with E-state index < -0.39 is 12.0 Å². The molecule has 12 heavy (non-hydrogen) atoms. The Morgan fingerprint density at radius 2 is 2.50 bits per heavy atom. The molecule has 6 heteroatoms. The molecule has 66 valence electrons. The second-order valence-corrected chi connectivity index (χ2v) is 2.83. The summed E-state index contributed by atoms with van der Waals surface area (Å²) < 4.78 is 0.475. The Bertz CT molecular complexity index is 330. The van der Waals surface area contributed by atoms with E-state index in [4.69, 9.17) is 23.1 Å². The molecule has 0 saturated heterocycles. The van der Waals surface area contributed by atoms with Crippen LogP contribution in [0.5, 0.6) is 0 Å². The molecule has 1 rings (SSSR count). The van der Waals surface area contributed by atoms with E-state index in [2.05, 4.69) is 9.97 Å². The summed E-state index contributed by atoms with van der Waals surface area (Å²) in [5.41, 5.74) is 5.99. The molecular formula is C6H9N3O2S. The monoisotopic (exact) mass is 187 g/mol. The van der Waals surface area contributed by atoms with Crippen molar-refractivity contribution in [2.45, 2.75) is 12.5 Å². The molecule has 0 radical (unpaired) electrons. The van der Waals surface area contributed by atoms with Gasteiger partial charge in [-0.1, -0.05) is 0 Å². The second kappa shape index (κ2) is 3.51. The molecule has 0 saturated carbocycles. The van der Waals surface area contributed by atoms with Gasteiger partial charge in [0.15, 0.2) is 4.77 Å². The van der Waals surface area contributed by atoms with Crippen LogP contribution in [0.1, 0.15) is 5.69 Å². The summed E-state index contributed by atoms with van der Waals surface area (Å²) in [6.45, 7) is 0. The molecule has 0 amide bonds. The van der Waals surface area contributed by atoms with Crippen LogP contribution in [0.2, 0.25) is 0 Å². The number of nitrogens with two attached hydrogens (primary N) is 1. The molecule has 0 aliphatic carbocycles. The zero-order valence-electron chi connectivity index (χ0n) is 6.20. The summed E-state index contributed by atoms with van der Waals surface area (Å²) >= 11 is 4.75. The van der Waals surface area contributed by atoms with Crippen molar-refractivity contribution >= 4 is 18.2 Å². The van der Waals surface area contributed by atoms with Gasteiger partial charge in [0, 0.05) is 18.3 Å². The van der Waals surface area contributed by atoms with Crippen LogP contribution < -0.4 is 5.73 Å². The molecular weight excluding hydrogens is 178 g/mol. The Labute approximate surface area is 73.6 Å². The number of hydrogen-bond acceptors (Lipinski definition) is 3. The number of H-pyrrole nitrogens is 2. The average Bonchev–Trinajstić information content (AvgIpc) is 2.35. The third-order valence-electron chi connectivity index (χ3n) is 1.41. The molecule has 0 aliphatic heterocycles. The first kappa shape index (κ1) is 8.95. The number of aliphatic carboxylic acids is 1. The lowest BCUT2D eigenvalue weighted by Gasteiger charge is -2.02. The lowest BCUT2D eigenvalue weighted by atomic mass is 10.2. The maximum absolute atomic E-state index is 10.3. The average molecular weight is 187 g/mol. The Morgan fingerprint density at radius 1 is 1.83 bits per heavy atom. The molecule has 5 nitrogen and oxygen atoms in total. The van der Waals surface area contributed by atoms with Crippen LogP contribution in [0.25, 0.3) is 0 Å². The second-order valence-electron chi connectivity index (χ2n) is 2.42. The topological polar surface area (TPSA) is 94.9 Å². The van der Waals surface area contributed by atoms with Crippen LogP contribution in [-0.4, -0.2) is 27.1 Å². The van der Waals surface area contributed by atoms with Gasteiger partial charge in [0.05, 0.1) is 0 Å². The first-order chi connectivity index (χ1) is 5.59. The van der Waals surface area contributed by atoms with Crippen LogP contribution in [0, 0.1) is 4.77 Å². The number of nitrogens with one attached hydrogen (secondary N) is 2. The van der Waals surface area contributed by atoms with Crippen LogP contribution in [0.15, 0.2) is 6.20 Å². The van der Waals surface area contributed by atoms with Gasteiger partial charge in [-0.25, -0.2) is 0 Å². The van der Waals surface area contributed by atoms with Gasteiger partial charge < -0.3 is 20.8 Å². The number of rotatable bonds is 3. The lowest BCUT2D eigenvalue weighted by Crippen LogP contribution is -2.32. The molecule has 0 spiro atoms. The number of hydrogen-bond donors (Lipinski definition) is 4. The highest BCUT2D eigenvalue weighted by molar-refractivity contribution is 7.71. The summed E-state index contributed by atoms with van der Waals surface area (Å²) in [5, 5.41) is 8.47. The fourth-order valence-corrected chi connectivity index (χ4v) is 0.995. The van der Waals surface area contributed by atoms with Crippen molar-refractivity contribution in [3.63, 3.8) is 0 Å². The summed E-state index contributed by atoms with van der Waals surface area (Å²) in [7, 11) is 0. The smallest absolute Gasteiger partial charge is 0.320 e. The van der Waals surface area contributed by atoms with Crippen LogP contribution in [-0.2, 0) is 11.2 Å². The van der Waals surface area contributed by atoms with Crippen LogP contribution >= 0.6 is 12.2 Å². The van der Waals surface area contributed by atoms with Crippen molar-refractivity contribution in [1.82, 2.24) is 9.97 Å². The molecule has 1 atom stereocenters. The van der Waals surface area contributed by atoms with Gasteiger partial charge in [-0.3, -0.25) is 4.79 Å². The third-order valence-corrected chi connectivity index (χ3v) is 1.63. The molecule has 0 aliphatic rings. The molecule has 1 aromatic heterocycles. The maximum atomic E-state index is 10.3. The number of carboxylic acids is 1. The van der Waals surface area contributed by atoms with Crippen molar-refractivity contribution in [2.24, 2.45) is 5.73 Å². The highest BCUT2D eigenvalue weighted by Crippen LogP contribution is 1.97. The predicted octanol–water partition coefficient (Wildman–Crippen LogP) is 0.0267.